The van der Waals surface area contributed by atoms with Gasteiger partial charge in [0.25, 0.3) is 0 Å². The van der Waals surface area contributed by atoms with Crippen LogP contribution in [-0.4, -0.2) is 23.2 Å². The van der Waals surface area contributed by atoms with Crippen LogP contribution in [-0.2, 0) is 23.8 Å². The number of aromatic nitrogens is 1. The van der Waals surface area contributed by atoms with Gasteiger partial charge in [-0.3, -0.25) is 9.59 Å². The molecule has 0 fully saturated rings. The van der Waals surface area contributed by atoms with Crippen LogP contribution in [0.2, 0.25) is 0 Å². The number of benzene rings is 2. The number of hydrogen-bond donors (Lipinski definition) is 0. The zero-order chi connectivity index (χ0) is 26.5. The summed E-state index contributed by atoms with van der Waals surface area (Å²) in [5, 5.41) is 0.645. The number of rotatable bonds is 11. The lowest BCUT2D eigenvalue weighted by atomic mass is 9.99. The molecule has 0 unspecified atom stereocenters. The molecule has 0 saturated carbocycles. The fourth-order valence-electron chi connectivity index (χ4n) is 3.83. The maximum atomic E-state index is 13.0. The van der Waals surface area contributed by atoms with Crippen LogP contribution in [0.4, 0.5) is 13.2 Å². The number of alkyl halides is 3. The lowest BCUT2D eigenvalue weighted by Crippen LogP contribution is -2.09. The maximum Gasteiger partial charge on any atom is 0.416 e. The van der Waals surface area contributed by atoms with E-state index in [9.17, 15) is 22.8 Å². The van der Waals surface area contributed by atoms with Gasteiger partial charge in [0, 0.05) is 22.4 Å². The largest absolute Gasteiger partial charge is 0.486 e. The van der Waals surface area contributed by atoms with Crippen molar-refractivity contribution < 1.29 is 27.5 Å². The van der Waals surface area contributed by atoms with Crippen LogP contribution in [0.1, 0.15) is 78.5 Å². The molecule has 0 amide bonds. The molecule has 0 N–H and O–H groups in total. The van der Waals surface area contributed by atoms with Gasteiger partial charge in [-0.05, 0) is 61.6 Å². The van der Waals surface area contributed by atoms with Crippen molar-refractivity contribution in [1.29, 1.82) is 0 Å². The Morgan fingerprint density at radius 1 is 1.06 bits per heavy atom. The Hall–Kier alpha value is -3.00. The molecule has 36 heavy (non-hydrogen) atoms. The second-order valence-electron chi connectivity index (χ2n) is 9.04. The summed E-state index contributed by atoms with van der Waals surface area (Å²) in [5.74, 6) is 0.654. The first-order valence-electron chi connectivity index (χ1n) is 11.9. The number of thiazole rings is 1. The minimum Gasteiger partial charge on any atom is -0.486 e. The molecule has 0 radical (unpaired) electrons. The summed E-state index contributed by atoms with van der Waals surface area (Å²) >= 11 is 1.42. The first-order valence-corrected chi connectivity index (χ1v) is 12.8. The Bertz CT molecular complexity index is 1210. The number of Topliss-reactive ketones (excluding diaryl/α,β-unsaturated/α-hetero) is 2. The predicted octanol–water partition coefficient (Wildman–Crippen LogP) is 7.69. The normalized spacial score (nSPS) is 11.7. The second kappa shape index (κ2) is 11.8. The van der Waals surface area contributed by atoms with E-state index in [1.165, 1.54) is 30.4 Å². The molecule has 2 aromatic carbocycles. The fraction of sp³-hybridized carbons (Fsp3) is 0.393. The average Bonchev–Trinajstić information content (AvgIpc) is 3.26. The first kappa shape index (κ1) is 27.6. The molecule has 1 aromatic heterocycles. The monoisotopic (exact) mass is 517 g/mol. The Kier molecular flexibility index (Phi) is 9.06. The first-order chi connectivity index (χ1) is 17.0. The van der Waals surface area contributed by atoms with E-state index in [1.807, 2.05) is 26.8 Å². The van der Waals surface area contributed by atoms with E-state index in [-0.39, 0.29) is 30.5 Å². The lowest BCUT2D eigenvalue weighted by molar-refractivity contribution is -0.137. The van der Waals surface area contributed by atoms with E-state index < -0.39 is 11.7 Å². The van der Waals surface area contributed by atoms with Gasteiger partial charge in [0.05, 0.1) is 11.3 Å². The summed E-state index contributed by atoms with van der Waals surface area (Å²) in [7, 11) is 0. The molecule has 1 heterocycles. The van der Waals surface area contributed by atoms with Crippen molar-refractivity contribution >= 4 is 22.9 Å². The van der Waals surface area contributed by atoms with E-state index in [0.717, 1.165) is 41.1 Å². The molecule has 3 aromatic rings. The van der Waals surface area contributed by atoms with Crippen molar-refractivity contribution in [3.05, 3.63) is 69.7 Å². The van der Waals surface area contributed by atoms with E-state index in [1.54, 1.807) is 12.1 Å². The molecule has 3 rings (SSSR count). The van der Waals surface area contributed by atoms with Gasteiger partial charge in [-0.2, -0.15) is 13.2 Å². The third-order valence-electron chi connectivity index (χ3n) is 5.65. The molecule has 0 spiro atoms. The number of nitrogens with zero attached hydrogens (tertiary/aromatic N) is 1. The van der Waals surface area contributed by atoms with Crippen molar-refractivity contribution in [2.24, 2.45) is 0 Å². The van der Waals surface area contributed by atoms with Gasteiger partial charge in [0.1, 0.15) is 17.4 Å². The van der Waals surface area contributed by atoms with Crippen LogP contribution in [0.15, 0.2) is 42.5 Å². The highest BCUT2D eigenvalue weighted by atomic mass is 32.1. The highest BCUT2D eigenvalue weighted by molar-refractivity contribution is 7.15. The number of ketones is 2. The Labute approximate surface area is 213 Å². The smallest absolute Gasteiger partial charge is 0.416 e. The lowest BCUT2D eigenvalue weighted by Gasteiger charge is -2.12. The Morgan fingerprint density at radius 3 is 2.33 bits per heavy atom. The summed E-state index contributed by atoms with van der Waals surface area (Å²) in [6, 6.07) is 10.3. The van der Waals surface area contributed by atoms with Gasteiger partial charge in [-0.1, -0.05) is 39.3 Å². The van der Waals surface area contributed by atoms with Crippen LogP contribution >= 0.6 is 11.3 Å². The molecule has 192 valence electrons. The highest BCUT2D eigenvalue weighted by Gasteiger charge is 2.30. The second-order valence-corrected chi connectivity index (χ2v) is 10.1. The number of aryl methyl sites for hydroxylation is 2. The van der Waals surface area contributed by atoms with Crippen LogP contribution < -0.4 is 4.74 Å². The van der Waals surface area contributed by atoms with Crippen LogP contribution in [0.25, 0.3) is 10.6 Å². The van der Waals surface area contributed by atoms with Crippen molar-refractivity contribution in [2.75, 3.05) is 6.61 Å². The summed E-state index contributed by atoms with van der Waals surface area (Å²) in [5.41, 5.74) is 2.28. The van der Waals surface area contributed by atoms with Gasteiger partial charge < -0.3 is 4.74 Å². The molecule has 0 aliphatic heterocycles. The summed E-state index contributed by atoms with van der Waals surface area (Å²) in [6.45, 7) is 7.51. The fourth-order valence-corrected chi connectivity index (χ4v) is 5.05. The van der Waals surface area contributed by atoms with E-state index in [2.05, 4.69) is 4.98 Å². The minimum absolute atomic E-state index is 0.00533. The Morgan fingerprint density at radius 2 is 1.75 bits per heavy atom. The average molecular weight is 518 g/mol. The standard InChI is InChI=1S/C28H30F3NO3S/c1-5-6-21-15-20(9-13-24(21)35-16-18(4)33)23(34)12-14-25-26(17(2)3)32-27(36-25)19-7-10-22(11-8-19)28(29,30)31/h7-11,13,15,17H,5-6,12,14,16H2,1-4H3. The van der Waals surface area contributed by atoms with Crippen LogP contribution in [0.3, 0.4) is 0 Å². The van der Waals surface area contributed by atoms with Crippen LogP contribution in [0.5, 0.6) is 5.75 Å². The van der Waals surface area contributed by atoms with Crippen LogP contribution in [0, 0.1) is 0 Å². The molecule has 0 aliphatic rings. The third-order valence-corrected chi connectivity index (χ3v) is 6.83. The van der Waals surface area contributed by atoms with Gasteiger partial charge in [0.2, 0.25) is 0 Å². The molecular formula is C28H30F3NO3S. The number of carbonyl (C=O) groups excluding carboxylic acids is 2. The molecule has 0 atom stereocenters. The van der Waals surface area contributed by atoms with E-state index >= 15 is 0 Å². The summed E-state index contributed by atoms with van der Waals surface area (Å²) in [4.78, 5) is 29.9. The van der Waals surface area contributed by atoms with Gasteiger partial charge in [-0.25, -0.2) is 4.98 Å². The number of hydrogen-bond acceptors (Lipinski definition) is 5. The number of carbonyl (C=O) groups is 2. The van der Waals surface area contributed by atoms with Gasteiger partial charge in [0.15, 0.2) is 11.6 Å². The molecular weight excluding hydrogens is 487 g/mol. The van der Waals surface area contributed by atoms with Crippen molar-refractivity contribution in [2.45, 2.75) is 65.5 Å². The quantitative estimate of drug-likeness (QED) is 0.245. The zero-order valence-electron chi connectivity index (χ0n) is 20.9. The number of ether oxygens (including phenoxy) is 1. The summed E-state index contributed by atoms with van der Waals surface area (Å²) in [6.07, 6.45) is -1.99. The SMILES string of the molecule is CCCc1cc(C(=O)CCc2sc(-c3ccc(C(F)(F)F)cc3)nc2C(C)C)ccc1OCC(C)=O. The molecule has 0 bridgehead atoms. The van der Waals surface area contributed by atoms with Gasteiger partial charge in [-0.15, -0.1) is 11.3 Å². The third kappa shape index (κ3) is 7.03. The highest BCUT2D eigenvalue weighted by Crippen LogP contribution is 2.35. The number of halogens is 3. The Balaban J connectivity index is 1.77. The molecule has 8 heteroatoms. The molecule has 4 nitrogen and oxygen atoms in total. The van der Waals surface area contributed by atoms with E-state index in [4.69, 9.17) is 4.74 Å². The molecule has 0 saturated heterocycles. The van der Waals surface area contributed by atoms with Crippen molar-refractivity contribution in [1.82, 2.24) is 4.98 Å². The molecule has 0 aliphatic carbocycles. The zero-order valence-corrected chi connectivity index (χ0v) is 21.7. The topological polar surface area (TPSA) is 56.3 Å². The maximum absolute atomic E-state index is 13.0. The van der Waals surface area contributed by atoms with Crippen molar-refractivity contribution in [3.8, 4) is 16.3 Å². The minimum atomic E-state index is -4.38. The summed E-state index contributed by atoms with van der Waals surface area (Å²) < 4.78 is 44.3. The van der Waals surface area contributed by atoms with Crippen molar-refractivity contribution in [3.63, 3.8) is 0 Å². The van der Waals surface area contributed by atoms with Gasteiger partial charge >= 0.3 is 6.18 Å². The van der Waals surface area contributed by atoms with E-state index in [0.29, 0.717) is 28.3 Å². The predicted molar refractivity (Wildman–Crippen MR) is 136 cm³/mol.